The van der Waals surface area contributed by atoms with Crippen molar-refractivity contribution in [1.29, 1.82) is 0 Å². The Bertz CT molecular complexity index is 539. The number of ether oxygens (including phenoxy) is 2. The molecule has 2 rings (SSSR count). The molecule has 0 amide bonds. The van der Waals surface area contributed by atoms with Crippen LogP contribution in [0.25, 0.3) is 0 Å². The zero-order valence-electron chi connectivity index (χ0n) is 10.8. The molecule has 0 radical (unpaired) electrons. The maximum absolute atomic E-state index is 12.1. The number of hydrogen-bond donors (Lipinski definition) is 2. The van der Waals surface area contributed by atoms with Crippen molar-refractivity contribution in [3.8, 4) is 5.75 Å². The Kier molecular flexibility index (Phi) is 4.28. The topological polar surface area (TPSA) is 90.7 Å². The number of methoxy groups -OCH3 is 1. The lowest BCUT2D eigenvalue weighted by molar-refractivity contribution is 0.114. The molecule has 1 atom stereocenters. The van der Waals surface area contributed by atoms with Crippen molar-refractivity contribution in [2.45, 2.75) is 23.8 Å². The Morgan fingerprint density at radius 2 is 2.32 bits per heavy atom. The summed E-state index contributed by atoms with van der Waals surface area (Å²) in [7, 11) is -2.08. The zero-order chi connectivity index (χ0) is 13.9. The predicted octanol–water partition coefficient (Wildman–Crippen LogP) is 0.735. The lowest BCUT2D eigenvalue weighted by Gasteiger charge is -2.12. The van der Waals surface area contributed by atoms with Crippen LogP contribution in [0.4, 0.5) is 5.69 Å². The molecule has 6 nitrogen and oxygen atoms in total. The second-order valence-electron chi connectivity index (χ2n) is 4.39. The Labute approximate surface area is 112 Å². The van der Waals surface area contributed by atoms with Gasteiger partial charge in [0.15, 0.2) is 0 Å². The first kappa shape index (κ1) is 14.1. The molecule has 3 N–H and O–H groups in total. The minimum absolute atomic E-state index is 0.0367. The fourth-order valence-electron chi connectivity index (χ4n) is 1.97. The van der Waals surface area contributed by atoms with Gasteiger partial charge in [-0.3, -0.25) is 0 Å². The van der Waals surface area contributed by atoms with Gasteiger partial charge in [0.2, 0.25) is 10.0 Å². The van der Waals surface area contributed by atoms with Gasteiger partial charge in [-0.15, -0.1) is 0 Å². The highest BCUT2D eigenvalue weighted by Gasteiger charge is 2.20. The highest BCUT2D eigenvalue weighted by atomic mass is 32.2. The third-order valence-corrected chi connectivity index (χ3v) is 4.46. The number of anilines is 1. The van der Waals surface area contributed by atoms with Crippen LogP contribution in [0.5, 0.6) is 5.75 Å². The van der Waals surface area contributed by atoms with Crippen LogP contribution < -0.4 is 15.2 Å². The lowest BCUT2D eigenvalue weighted by atomic mass is 10.2. The first-order chi connectivity index (χ1) is 9.03. The second-order valence-corrected chi connectivity index (χ2v) is 6.16. The molecule has 1 aliphatic rings. The van der Waals surface area contributed by atoms with Crippen molar-refractivity contribution < 1.29 is 17.9 Å². The number of benzene rings is 1. The van der Waals surface area contributed by atoms with Crippen LogP contribution in [0.15, 0.2) is 23.1 Å². The molecular formula is C12H18N2O4S. The normalized spacial score (nSPS) is 19.5. The molecule has 0 saturated carbocycles. The number of rotatable bonds is 5. The van der Waals surface area contributed by atoms with E-state index in [2.05, 4.69) is 4.72 Å². The summed E-state index contributed by atoms with van der Waals surface area (Å²) < 4.78 is 37.1. The maximum atomic E-state index is 12.1. The van der Waals surface area contributed by atoms with Crippen LogP contribution in [-0.4, -0.2) is 34.8 Å². The Morgan fingerprint density at radius 1 is 1.53 bits per heavy atom. The van der Waals surface area contributed by atoms with E-state index in [4.69, 9.17) is 15.2 Å². The summed E-state index contributed by atoms with van der Waals surface area (Å²) >= 11 is 0. The predicted molar refractivity (Wildman–Crippen MR) is 71.6 cm³/mol. The molecular weight excluding hydrogens is 268 g/mol. The van der Waals surface area contributed by atoms with Crippen LogP contribution in [0.3, 0.4) is 0 Å². The van der Waals surface area contributed by atoms with E-state index in [9.17, 15) is 8.42 Å². The van der Waals surface area contributed by atoms with Gasteiger partial charge in [-0.05, 0) is 31.0 Å². The van der Waals surface area contributed by atoms with Gasteiger partial charge in [0.05, 0.1) is 23.8 Å². The summed E-state index contributed by atoms with van der Waals surface area (Å²) in [6, 6.07) is 4.39. The molecule has 0 aliphatic carbocycles. The molecule has 1 aromatic carbocycles. The summed E-state index contributed by atoms with van der Waals surface area (Å²) in [6.45, 7) is 0.982. The van der Waals surface area contributed by atoms with Gasteiger partial charge >= 0.3 is 0 Å². The van der Waals surface area contributed by atoms with Crippen molar-refractivity contribution >= 4 is 15.7 Å². The third-order valence-electron chi connectivity index (χ3n) is 3.04. The minimum Gasteiger partial charge on any atom is -0.495 e. The van der Waals surface area contributed by atoms with Crippen molar-refractivity contribution in [3.05, 3.63) is 18.2 Å². The molecule has 7 heteroatoms. The SMILES string of the molecule is COc1ccc(S(=O)(=O)NC[C@H]2CCCO2)cc1N. The minimum atomic E-state index is -3.56. The molecule has 1 saturated heterocycles. The van der Waals surface area contributed by atoms with Crippen LogP contribution in [-0.2, 0) is 14.8 Å². The van der Waals surface area contributed by atoms with Crippen molar-refractivity contribution in [3.63, 3.8) is 0 Å². The average molecular weight is 286 g/mol. The fraction of sp³-hybridized carbons (Fsp3) is 0.500. The molecule has 1 aliphatic heterocycles. The summed E-state index contributed by atoms with van der Waals surface area (Å²) in [5, 5.41) is 0. The highest BCUT2D eigenvalue weighted by Crippen LogP contribution is 2.24. The van der Waals surface area contributed by atoms with Crippen LogP contribution in [0, 0.1) is 0 Å². The molecule has 106 valence electrons. The summed E-state index contributed by atoms with van der Waals surface area (Å²) in [4.78, 5) is 0.129. The Morgan fingerprint density at radius 3 is 2.89 bits per heavy atom. The number of hydrogen-bond acceptors (Lipinski definition) is 5. The molecule has 0 spiro atoms. The molecule has 0 unspecified atom stereocenters. The molecule has 19 heavy (non-hydrogen) atoms. The largest absolute Gasteiger partial charge is 0.495 e. The van der Waals surface area contributed by atoms with E-state index in [1.54, 1.807) is 0 Å². The second kappa shape index (κ2) is 5.77. The molecule has 1 fully saturated rings. The van der Waals surface area contributed by atoms with Gasteiger partial charge < -0.3 is 15.2 Å². The zero-order valence-corrected chi connectivity index (χ0v) is 11.6. The van der Waals surface area contributed by atoms with E-state index in [-0.39, 0.29) is 17.5 Å². The Balaban J connectivity index is 2.08. The lowest BCUT2D eigenvalue weighted by Crippen LogP contribution is -2.31. The third kappa shape index (κ3) is 3.37. The van der Waals surface area contributed by atoms with Gasteiger partial charge in [0.1, 0.15) is 5.75 Å². The standard InChI is InChI=1S/C12H18N2O4S/c1-17-12-5-4-10(7-11(12)13)19(15,16)14-8-9-3-2-6-18-9/h4-5,7,9,14H,2-3,6,8,13H2,1H3/t9-/m1/s1. The van der Waals surface area contributed by atoms with Gasteiger partial charge in [-0.2, -0.15) is 0 Å². The number of sulfonamides is 1. The van der Waals surface area contributed by atoms with E-state index in [0.717, 1.165) is 12.8 Å². The van der Waals surface area contributed by atoms with E-state index >= 15 is 0 Å². The van der Waals surface area contributed by atoms with Crippen molar-refractivity contribution in [1.82, 2.24) is 4.72 Å². The molecule has 0 bridgehead atoms. The van der Waals surface area contributed by atoms with Crippen LogP contribution in [0.2, 0.25) is 0 Å². The fourth-order valence-corrected chi connectivity index (χ4v) is 3.07. The first-order valence-corrected chi connectivity index (χ1v) is 7.56. The van der Waals surface area contributed by atoms with Gasteiger partial charge in [-0.1, -0.05) is 0 Å². The monoisotopic (exact) mass is 286 g/mol. The van der Waals surface area contributed by atoms with E-state index in [1.807, 2.05) is 0 Å². The van der Waals surface area contributed by atoms with Gasteiger partial charge in [0.25, 0.3) is 0 Å². The van der Waals surface area contributed by atoms with E-state index in [0.29, 0.717) is 18.0 Å². The van der Waals surface area contributed by atoms with Crippen LogP contribution in [0.1, 0.15) is 12.8 Å². The molecule has 0 aromatic heterocycles. The molecule has 1 aromatic rings. The maximum Gasteiger partial charge on any atom is 0.240 e. The molecule has 1 heterocycles. The quantitative estimate of drug-likeness (QED) is 0.779. The number of nitrogens with one attached hydrogen (secondary N) is 1. The van der Waals surface area contributed by atoms with Gasteiger partial charge in [0, 0.05) is 13.2 Å². The van der Waals surface area contributed by atoms with Crippen LogP contribution >= 0.6 is 0 Å². The van der Waals surface area contributed by atoms with E-state index in [1.165, 1.54) is 25.3 Å². The summed E-state index contributed by atoms with van der Waals surface area (Å²) in [6.07, 6.45) is 1.82. The number of nitrogen functional groups attached to an aromatic ring is 1. The average Bonchev–Trinajstić information content (AvgIpc) is 2.89. The van der Waals surface area contributed by atoms with Gasteiger partial charge in [-0.25, -0.2) is 13.1 Å². The summed E-state index contributed by atoms with van der Waals surface area (Å²) in [5.41, 5.74) is 6.00. The first-order valence-electron chi connectivity index (χ1n) is 6.08. The highest BCUT2D eigenvalue weighted by molar-refractivity contribution is 7.89. The van der Waals surface area contributed by atoms with Crippen molar-refractivity contribution in [2.24, 2.45) is 0 Å². The summed E-state index contributed by atoms with van der Waals surface area (Å²) in [5.74, 6) is 0.457. The smallest absolute Gasteiger partial charge is 0.240 e. The van der Waals surface area contributed by atoms with Crippen molar-refractivity contribution in [2.75, 3.05) is 26.0 Å². The Hall–Kier alpha value is -1.31. The van der Waals surface area contributed by atoms with E-state index < -0.39 is 10.0 Å². The number of nitrogens with two attached hydrogens (primary N) is 1.